The van der Waals surface area contributed by atoms with Crippen molar-refractivity contribution in [2.24, 2.45) is 0 Å². The van der Waals surface area contributed by atoms with E-state index in [1.165, 1.54) is 7.11 Å². The molecule has 0 radical (unpaired) electrons. The summed E-state index contributed by atoms with van der Waals surface area (Å²) in [5.74, 6) is 1.37. The van der Waals surface area contributed by atoms with Crippen LogP contribution in [0.1, 0.15) is 26.7 Å². The van der Waals surface area contributed by atoms with Gasteiger partial charge >= 0.3 is 0 Å². The highest BCUT2D eigenvalue weighted by atomic mass is 16.5. The van der Waals surface area contributed by atoms with E-state index in [0.29, 0.717) is 23.3 Å². The fraction of sp³-hybridized carbons (Fsp3) is 0.500. The molecule has 102 valence electrons. The lowest BCUT2D eigenvalue weighted by Crippen LogP contribution is -2.36. The molecule has 2 heterocycles. The summed E-state index contributed by atoms with van der Waals surface area (Å²) in [5.41, 5.74) is 0.169. The molecule has 0 aliphatic rings. The average molecular weight is 263 g/mol. The molecule has 7 heteroatoms. The molecule has 2 rings (SSSR count). The minimum absolute atomic E-state index is 0.375. The number of methoxy groups -OCH3 is 1. The van der Waals surface area contributed by atoms with Crippen molar-refractivity contribution < 1.29 is 9.26 Å². The van der Waals surface area contributed by atoms with Gasteiger partial charge in [-0.05, 0) is 26.5 Å². The van der Waals surface area contributed by atoms with Crippen molar-refractivity contribution in [2.45, 2.75) is 26.3 Å². The number of hydrogen-bond acceptors (Lipinski definition) is 7. The van der Waals surface area contributed by atoms with Gasteiger partial charge in [-0.15, -0.1) is 10.2 Å². The van der Waals surface area contributed by atoms with Crippen molar-refractivity contribution >= 4 is 0 Å². The number of nitrogens with one attached hydrogen (secondary N) is 1. The zero-order chi connectivity index (χ0) is 13.9. The molecule has 0 aliphatic heterocycles. The van der Waals surface area contributed by atoms with Gasteiger partial charge < -0.3 is 14.6 Å². The lowest BCUT2D eigenvalue weighted by Gasteiger charge is -2.20. The molecule has 0 bridgehead atoms. The number of nitrogens with zero attached hydrogens (tertiary/aromatic N) is 4. The molecule has 2 aromatic heterocycles. The molecule has 19 heavy (non-hydrogen) atoms. The Labute approximate surface area is 111 Å². The maximum absolute atomic E-state index is 5.27. The molecule has 7 nitrogen and oxygen atoms in total. The topological polar surface area (TPSA) is 86.0 Å². The standard InChI is InChI=1S/C12H17N5O2/c1-5-13-12(2,3)11-14-10(17-19-11)8-6-7-9(18-4)16-15-8/h6-7,13H,5H2,1-4H3. The fourth-order valence-corrected chi connectivity index (χ4v) is 1.65. The van der Waals surface area contributed by atoms with E-state index < -0.39 is 0 Å². The molecule has 0 atom stereocenters. The highest BCUT2D eigenvalue weighted by Crippen LogP contribution is 2.21. The second-order valence-electron chi connectivity index (χ2n) is 4.54. The molecular weight excluding hydrogens is 246 g/mol. The summed E-state index contributed by atoms with van der Waals surface area (Å²) in [4.78, 5) is 4.34. The molecule has 0 aliphatic carbocycles. The van der Waals surface area contributed by atoms with Gasteiger partial charge in [0.2, 0.25) is 17.6 Å². The molecule has 2 aromatic rings. The Bertz CT molecular complexity index is 535. The summed E-state index contributed by atoms with van der Waals surface area (Å²) in [6.45, 7) is 6.79. The Kier molecular flexibility index (Phi) is 3.75. The maximum Gasteiger partial charge on any atom is 0.246 e. The first-order valence-electron chi connectivity index (χ1n) is 6.04. The molecule has 0 amide bonds. The number of ether oxygens (including phenoxy) is 1. The van der Waals surface area contributed by atoms with Crippen LogP contribution in [0.25, 0.3) is 11.5 Å². The summed E-state index contributed by atoms with van der Waals surface area (Å²) in [6.07, 6.45) is 0. The third-order valence-electron chi connectivity index (χ3n) is 2.66. The second-order valence-corrected chi connectivity index (χ2v) is 4.54. The van der Waals surface area contributed by atoms with E-state index in [1.807, 2.05) is 20.8 Å². The van der Waals surface area contributed by atoms with E-state index >= 15 is 0 Å². The molecule has 0 spiro atoms. The third-order valence-corrected chi connectivity index (χ3v) is 2.66. The minimum Gasteiger partial charge on any atom is -0.480 e. The second kappa shape index (κ2) is 5.31. The van der Waals surface area contributed by atoms with Gasteiger partial charge in [0.15, 0.2) is 0 Å². The monoisotopic (exact) mass is 263 g/mol. The van der Waals surface area contributed by atoms with Gasteiger partial charge in [0.05, 0.1) is 12.6 Å². The maximum atomic E-state index is 5.27. The Balaban J connectivity index is 2.25. The Hall–Kier alpha value is -2.02. The van der Waals surface area contributed by atoms with Gasteiger partial charge in [-0.2, -0.15) is 4.98 Å². The molecule has 1 N–H and O–H groups in total. The van der Waals surface area contributed by atoms with Gasteiger partial charge in [-0.25, -0.2) is 0 Å². The number of rotatable bonds is 5. The first kappa shape index (κ1) is 13.4. The zero-order valence-electron chi connectivity index (χ0n) is 11.5. The lowest BCUT2D eigenvalue weighted by molar-refractivity contribution is 0.272. The predicted molar refractivity (Wildman–Crippen MR) is 68.6 cm³/mol. The molecule has 0 fully saturated rings. The first-order chi connectivity index (χ1) is 9.06. The van der Waals surface area contributed by atoms with Crippen LogP contribution < -0.4 is 10.1 Å². The number of aromatic nitrogens is 4. The molecule has 0 aromatic carbocycles. The highest BCUT2D eigenvalue weighted by molar-refractivity contribution is 5.47. The quantitative estimate of drug-likeness (QED) is 0.872. The van der Waals surface area contributed by atoms with Crippen molar-refractivity contribution in [3.8, 4) is 17.4 Å². The normalized spacial score (nSPS) is 11.6. The van der Waals surface area contributed by atoms with Gasteiger partial charge in [-0.3, -0.25) is 0 Å². The van der Waals surface area contributed by atoms with Crippen LogP contribution in [0.5, 0.6) is 5.88 Å². The number of hydrogen-bond donors (Lipinski definition) is 1. The SMILES string of the molecule is CCNC(C)(C)c1nc(-c2ccc(OC)nn2)no1. The summed E-state index contributed by atoms with van der Waals surface area (Å²) in [7, 11) is 1.54. The third kappa shape index (κ3) is 2.87. The van der Waals surface area contributed by atoms with E-state index in [4.69, 9.17) is 9.26 Å². The van der Waals surface area contributed by atoms with Crippen molar-refractivity contribution in [3.63, 3.8) is 0 Å². The Morgan fingerprint density at radius 3 is 2.68 bits per heavy atom. The lowest BCUT2D eigenvalue weighted by atomic mass is 10.1. The van der Waals surface area contributed by atoms with E-state index in [-0.39, 0.29) is 5.54 Å². The molecule has 0 saturated carbocycles. The van der Waals surface area contributed by atoms with Crippen LogP contribution in [0, 0.1) is 0 Å². The van der Waals surface area contributed by atoms with Crippen LogP contribution in [0.4, 0.5) is 0 Å². The van der Waals surface area contributed by atoms with Crippen molar-refractivity contribution in [1.29, 1.82) is 0 Å². The van der Waals surface area contributed by atoms with E-state index in [0.717, 1.165) is 6.54 Å². The van der Waals surface area contributed by atoms with Gasteiger partial charge in [0.1, 0.15) is 5.69 Å². The largest absolute Gasteiger partial charge is 0.480 e. The van der Waals surface area contributed by atoms with Crippen molar-refractivity contribution in [1.82, 2.24) is 25.7 Å². The zero-order valence-corrected chi connectivity index (χ0v) is 11.5. The van der Waals surface area contributed by atoms with Crippen LogP contribution >= 0.6 is 0 Å². The minimum atomic E-state index is -0.375. The smallest absolute Gasteiger partial charge is 0.246 e. The first-order valence-corrected chi connectivity index (χ1v) is 6.04. The summed E-state index contributed by atoms with van der Waals surface area (Å²) in [5, 5.41) is 15.0. The fourth-order valence-electron chi connectivity index (χ4n) is 1.65. The van der Waals surface area contributed by atoms with E-state index in [1.54, 1.807) is 12.1 Å². The molecular formula is C12H17N5O2. The van der Waals surface area contributed by atoms with Crippen LogP contribution in [-0.4, -0.2) is 34.0 Å². The van der Waals surface area contributed by atoms with Gasteiger partial charge in [0.25, 0.3) is 0 Å². The Morgan fingerprint density at radius 2 is 2.11 bits per heavy atom. The highest BCUT2D eigenvalue weighted by Gasteiger charge is 2.26. The van der Waals surface area contributed by atoms with Crippen molar-refractivity contribution in [2.75, 3.05) is 13.7 Å². The van der Waals surface area contributed by atoms with Crippen LogP contribution in [-0.2, 0) is 5.54 Å². The Morgan fingerprint density at radius 1 is 1.32 bits per heavy atom. The summed E-state index contributed by atoms with van der Waals surface area (Å²) < 4.78 is 10.2. The predicted octanol–water partition coefficient (Wildman–Crippen LogP) is 1.38. The van der Waals surface area contributed by atoms with E-state index in [9.17, 15) is 0 Å². The van der Waals surface area contributed by atoms with Crippen molar-refractivity contribution in [3.05, 3.63) is 18.0 Å². The van der Waals surface area contributed by atoms with Crippen LogP contribution in [0.15, 0.2) is 16.7 Å². The summed E-state index contributed by atoms with van der Waals surface area (Å²) in [6, 6.07) is 3.44. The molecule has 0 unspecified atom stereocenters. The van der Waals surface area contributed by atoms with Gasteiger partial charge in [-0.1, -0.05) is 12.1 Å². The van der Waals surface area contributed by atoms with Crippen LogP contribution in [0.3, 0.4) is 0 Å². The molecule has 0 saturated heterocycles. The average Bonchev–Trinajstić information content (AvgIpc) is 2.89. The van der Waals surface area contributed by atoms with E-state index in [2.05, 4.69) is 25.7 Å². The van der Waals surface area contributed by atoms with Crippen LogP contribution in [0.2, 0.25) is 0 Å². The summed E-state index contributed by atoms with van der Waals surface area (Å²) >= 11 is 0. The van der Waals surface area contributed by atoms with Gasteiger partial charge in [0, 0.05) is 6.07 Å².